The van der Waals surface area contributed by atoms with Crippen LogP contribution in [0.15, 0.2) is 65.8 Å². The van der Waals surface area contributed by atoms with Gasteiger partial charge < -0.3 is 14.8 Å². The van der Waals surface area contributed by atoms with Crippen LogP contribution in [0.3, 0.4) is 0 Å². The number of amides is 2. The molecule has 182 valence electrons. The Morgan fingerprint density at radius 3 is 2.46 bits per heavy atom. The first kappa shape index (κ1) is 26.1. The van der Waals surface area contributed by atoms with E-state index in [-0.39, 0.29) is 6.61 Å². The minimum Gasteiger partial charge on any atom is -0.490 e. The molecule has 0 aliphatic carbocycles. The molecule has 0 spiro atoms. The molecule has 0 bridgehead atoms. The van der Waals surface area contributed by atoms with Crippen LogP contribution in [0.2, 0.25) is 10.0 Å². The molecule has 0 radical (unpaired) electrons. The predicted octanol–water partition coefficient (Wildman–Crippen LogP) is 5.62. The van der Waals surface area contributed by atoms with Crippen molar-refractivity contribution in [3.05, 3.63) is 87.4 Å². The van der Waals surface area contributed by atoms with Crippen LogP contribution in [0.5, 0.6) is 11.5 Å². The van der Waals surface area contributed by atoms with Crippen molar-refractivity contribution in [2.24, 2.45) is 5.10 Å². The maximum Gasteiger partial charge on any atom is 0.329 e. The van der Waals surface area contributed by atoms with Crippen LogP contribution < -0.4 is 20.2 Å². The maximum absolute atomic E-state index is 12.2. The number of rotatable bonds is 9. The van der Waals surface area contributed by atoms with E-state index < -0.39 is 11.8 Å². The summed E-state index contributed by atoms with van der Waals surface area (Å²) in [6.07, 6.45) is 2.14. The van der Waals surface area contributed by atoms with Crippen LogP contribution in [0.1, 0.15) is 30.5 Å². The molecule has 3 aromatic rings. The molecular weight excluding hydrogens is 489 g/mol. The maximum atomic E-state index is 12.2. The van der Waals surface area contributed by atoms with Gasteiger partial charge in [-0.25, -0.2) is 5.43 Å². The lowest BCUT2D eigenvalue weighted by Crippen LogP contribution is -2.32. The molecular formula is C26H25Cl2N3O4. The van der Waals surface area contributed by atoms with Crippen LogP contribution in [-0.2, 0) is 22.6 Å². The molecule has 3 rings (SSSR count). The zero-order valence-corrected chi connectivity index (χ0v) is 20.8. The fourth-order valence-electron chi connectivity index (χ4n) is 3.13. The van der Waals surface area contributed by atoms with Crippen LogP contribution in [0.25, 0.3) is 0 Å². The van der Waals surface area contributed by atoms with Crippen molar-refractivity contribution in [2.45, 2.75) is 26.9 Å². The number of aryl methyl sites for hydroxylation is 1. The molecule has 9 heteroatoms. The van der Waals surface area contributed by atoms with E-state index in [1.807, 2.05) is 26.0 Å². The molecule has 0 aliphatic heterocycles. The number of anilines is 1. The van der Waals surface area contributed by atoms with E-state index in [2.05, 4.69) is 15.8 Å². The normalized spacial score (nSPS) is 10.7. The second kappa shape index (κ2) is 12.8. The monoisotopic (exact) mass is 513 g/mol. The summed E-state index contributed by atoms with van der Waals surface area (Å²) in [5.41, 5.74) is 5.18. The number of para-hydroxylation sites is 1. The summed E-state index contributed by atoms with van der Waals surface area (Å²) in [5, 5.41) is 7.54. The Kier molecular flexibility index (Phi) is 9.52. The largest absolute Gasteiger partial charge is 0.490 e. The number of halogens is 2. The Morgan fingerprint density at radius 1 is 0.914 bits per heavy atom. The van der Waals surface area contributed by atoms with Gasteiger partial charge in [-0.05, 0) is 60.9 Å². The highest BCUT2D eigenvalue weighted by Crippen LogP contribution is 2.30. The zero-order valence-electron chi connectivity index (χ0n) is 19.3. The Labute approximate surface area is 214 Å². The van der Waals surface area contributed by atoms with E-state index in [1.165, 1.54) is 6.21 Å². The number of carbonyl (C=O) groups is 2. The Hall–Kier alpha value is -3.55. The second-order valence-electron chi connectivity index (χ2n) is 7.33. The first-order valence-electron chi connectivity index (χ1n) is 11.0. The quantitative estimate of drug-likeness (QED) is 0.220. The van der Waals surface area contributed by atoms with Crippen LogP contribution in [-0.4, -0.2) is 24.6 Å². The molecule has 0 unspecified atom stereocenters. The highest BCUT2D eigenvalue weighted by atomic mass is 35.5. The van der Waals surface area contributed by atoms with Crippen molar-refractivity contribution in [3.8, 4) is 11.5 Å². The van der Waals surface area contributed by atoms with Crippen molar-refractivity contribution in [1.29, 1.82) is 0 Å². The SMILES string of the molecule is CCOc1cc(C=NNC(=O)C(=O)Nc2ccccc2CC)ccc1OCc1ccc(Cl)cc1Cl. The number of nitrogens with zero attached hydrogens (tertiary/aromatic N) is 1. The third kappa shape index (κ3) is 7.47. The Morgan fingerprint density at radius 2 is 1.71 bits per heavy atom. The van der Waals surface area contributed by atoms with E-state index in [4.69, 9.17) is 32.7 Å². The lowest BCUT2D eigenvalue weighted by Gasteiger charge is -2.13. The Balaban J connectivity index is 1.62. The van der Waals surface area contributed by atoms with Crippen molar-refractivity contribution in [2.75, 3.05) is 11.9 Å². The van der Waals surface area contributed by atoms with Gasteiger partial charge >= 0.3 is 11.8 Å². The van der Waals surface area contributed by atoms with Crippen molar-refractivity contribution in [1.82, 2.24) is 5.43 Å². The first-order chi connectivity index (χ1) is 16.9. The molecule has 0 aromatic heterocycles. The molecule has 0 atom stereocenters. The van der Waals surface area contributed by atoms with Crippen molar-refractivity contribution in [3.63, 3.8) is 0 Å². The smallest absolute Gasteiger partial charge is 0.329 e. The minimum absolute atomic E-state index is 0.232. The minimum atomic E-state index is -0.878. The molecule has 0 aliphatic rings. The van der Waals surface area contributed by atoms with Crippen molar-refractivity contribution < 1.29 is 19.1 Å². The average Bonchev–Trinajstić information content (AvgIpc) is 2.85. The van der Waals surface area contributed by atoms with Gasteiger partial charge in [-0.1, -0.05) is 54.4 Å². The highest BCUT2D eigenvalue weighted by Gasteiger charge is 2.14. The topological polar surface area (TPSA) is 89.0 Å². The number of hydrogen-bond acceptors (Lipinski definition) is 5. The predicted molar refractivity (Wildman–Crippen MR) is 139 cm³/mol. The molecule has 0 fully saturated rings. The van der Waals surface area contributed by atoms with Gasteiger partial charge in [0.1, 0.15) is 6.61 Å². The molecule has 0 saturated heterocycles. The summed E-state index contributed by atoms with van der Waals surface area (Å²) in [6, 6.07) is 17.7. The number of hydrazone groups is 1. The van der Waals surface area contributed by atoms with E-state index in [0.717, 1.165) is 17.5 Å². The number of benzene rings is 3. The lowest BCUT2D eigenvalue weighted by molar-refractivity contribution is -0.136. The molecule has 35 heavy (non-hydrogen) atoms. The van der Waals surface area contributed by atoms with Crippen LogP contribution >= 0.6 is 23.2 Å². The number of ether oxygens (including phenoxy) is 2. The van der Waals surface area contributed by atoms with Crippen molar-refractivity contribution >= 4 is 46.9 Å². The summed E-state index contributed by atoms with van der Waals surface area (Å²) in [7, 11) is 0. The van der Waals surface area contributed by atoms with Gasteiger partial charge in [-0.3, -0.25) is 9.59 Å². The molecule has 7 nitrogen and oxygen atoms in total. The first-order valence-corrected chi connectivity index (χ1v) is 11.7. The third-order valence-electron chi connectivity index (χ3n) is 4.90. The fraction of sp³-hybridized carbons (Fsp3) is 0.192. The summed E-state index contributed by atoms with van der Waals surface area (Å²) in [4.78, 5) is 24.3. The molecule has 2 N–H and O–H groups in total. The number of carbonyl (C=O) groups excluding carboxylic acids is 2. The zero-order chi connectivity index (χ0) is 25.2. The fourth-order valence-corrected chi connectivity index (χ4v) is 3.60. The van der Waals surface area contributed by atoms with Gasteiger partial charge in [0.25, 0.3) is 0 Å². The van der Waals surface area contributed by atoms with E-state index in [0.29, 0.717) is 39.4 Å². The summed E-state index contributed by atoms with van der Waals surface area (Å²) < 4.78 is 11.6. The van der Waals surface area contributed by atoms with Gasteiger partial charge in [0.2, 0.25) is 0 Å². The molecule has 0 saturated carbocycles. The standard InChI is InChI=1S/C26H25Cl2N3O4/c1-3-18-7-5-6-8-22(18)30-25(32)26(33)31-29-15-17-9-12-23(24(13-17)34-4-2)35-16-19-10-11-20(27)14-21(19)28/h5-15H,3-4,16H2,1-2H3,(H,30,32)(H,31,33). The van der Waals surface area contributed by atoms with E-state index in [1.54, 1.807) is 48.5 Å². The highest BCUT2D eigenvalue weighted by molar-refractivity contribution is 6.39. The summed E-state index contributed by atoms with van der Waals surface area (Å²) in [5.74, 6) is -0.658. The molecule has 0 heterocycles. The van der Waals surface area contributed by atoms with Gasteiger partial charge in [0.05, 0.1) is 12.8 Å². The van der Waals surface area contributed by atoms with Gasteiger partial charge in [0.15, 0.2) is 11.5 Å². The average molecular weight is 514 g/mol. The van der Waals surface area contributed by atoms with E-state index >= 15 is 0 Å². The summed E-state index contributed by atoms with van der Waals surface area (Å²) >= 11 is 12.2. The van der Waals surface area contributed by atoms with E-state index in [9.17, 15) is 9.59 Å². The number of hydrogen-bond donors (Lipinski definition) is 2. The van der Waals surface area contributed by atoms with Gasteiger partial charge in [0, 0.05) is 21.3 Å². The van der Waals surface area contributed by atoms with Gasteiger partial charge in [-0.2, -0.15) is 5.10 Å². The third-order valence-corrected chi connectivity index (χ3v) is 5.49. The Bertz CT molecular complexity index is 1230. The van der Waals surface area contributed by atoms with Crippen LogP contribution in [0.4, 0.5) is 5.69 Å². The lowest BCUT2D eigenvalue weighted by atomic mass is 10.1. The van der Waals surface area contributed by atoms with Crippen LogP contribution in [0, 0.1) is 0 Å². The number of nitrogens with one attached hydrogen (secondary N) is 2. The molecule has 3 aromatic carbocycles. The molecule has 2 amide bonds. The summed E-state index contributed by atoms with van der Waals surface area (Å²) in [6.45, 7) is 4.48. The second-order valence-corrected chi connectivity index (χ2v) is 8.17. The van der Waals surface area contributed by atoms with Gasteiger partial charge in [-0.15, -0.1) is 0 Å².